The summed E-state index contributed by atoms with van der Waals surface area (Å²) in [6.07, 6.45) is 3.68. The standard InChI is InChI=1S/C21H31N3O3/c1-12(2)20(27)24-11-15-17(21(15,3)4)18(24)19(26)23-14(10-22)9-13-7-5-6-8-16(13)25/h12-15,17-18H,5-9,11H2,1-4H3,(H,23,26). The first kappa shape index (κ1) is 19.9. The van der Waals surface area contributed by atoms with E-state index in [4.69, 9.17) is 0 Å². The molecule has 27 heavy (non-hydrogen) atoms. The highest BCUT2D eigenvalue weighted by molar-refractivity contribution is 5.90. The molecule has 5 atom stereocenters. The van der Waals surface area contributed by atoms with E-state index >= 15 is 0 Å². The van der Waals surface area contributed by atoms with Crippen molar-refractivity contribution in [1.29, 1.82) is 5.26 Å². The van der Waals surface area contributed by atoms with Gasteiger partial charge in [0.2, 0.25) is 11.8 Å². The summed E-state index contributed by atoms with van der Waals surface area (Å²) in [5, 5.41) is 12.4. The number of ketones is 1. The third-order valence-electron chi connectivity index (χ3n) is 6.93. The van der Waals surface area contributed by atoms with E-state index in [1.165, 1.54) is 0 Å². The van der Waals surface area contributed by atoms with E-state index < -0.39 is 12.1 Å². The van der Waals surface area contributed by atoms with Gasteiger partial charge in [0.1, 0.15) is 17.9 Å². The van der Waals surface area contributed by atoms with E-state index in [2.05, 4.69) is 25.2 Å². The molecule has 5 unspecified atom stereocenters. The number of piperidine rings is 1. The van der Waals surface area contributed by atoms with Crippen molar-refractivity contribution in [2.24, 2.45) is 29.1 Å². The molecule has 3 rings (SSSR count). The van der Waals surface area contributed by atoms with Gasteiger partial charge in [-0.05, 0) is 36.5 Å². The van der Waals surface area contributed by atoms with Crippen LogP contribution in [0.1, 0.15) is 59.8 Å². The Labute approximate surface area is 161 Å². The summed E-state index contributed by atoms with van der Waals surface area (Å²) < 4.78 is 0. The minimum absolute atomic E-state index is 0.00545. The molecule has 3 fully saturated rings. The Morgan fingerprint density at radius 3 is 2.63 bits per heavy atom. The van der Waals surface area contributed by atoms with Crippen molar-refractivity contribution in [1.82, 2.24) is 10.2 Å². The van der Waals surface area contributed by atoms with Crippen molar-refractivity contribution in [3.8, 4) is 6.07 Å². The molecule has 6 heteroatoms. The van der Waals surface area contributed by atoms with Gasteiger partial charge >= 0.3 is 0 Å². The van der Waals surface area contributed by atoms with Crippen molar-refractivity contribution >= 4 is 17.6 Å². The molecular formula is C21H31N3O3. The first-order valence-electron chi connectivity index (χ1n) is 10.2. The Bertz CT molecular complexity index is 679. The smallest absolute Gasteiger partial charge is 0.244 e. The van der Waals surface area contributed by atoms with Gasteiger partial charge in [0.15, 0.2) is 0 Å². The fraction of sp³-hybridized carbons (Fsp3) is 0.810. The zero-order valence-corrected chi connectivity index (χ0v) is 16.8. The van der Waals surface area contributed by atoms with Gasteiger partial charge in [0.05, 0.1) is 6.07 Å². The zero-order valence-electron chi connectivity index (χ0n) is 16.8. The molecule has 0 bridgehead atoms. The molecule has 2 aliphatic carbocycles. The SMILES string of the molecule is CC(C)C(=O)N1CC2C(C1C(=O)NC(C#N)CC1CCCCC1=O)C2(C)C. The van der Waals surface area contributed by atoms with Gasteiger partial charge in [-0.2, -0.15) is 5.26 Å². The lowest BCUT2D eigenvalue weighted by Gasteiger charge is -2.32. The minimum atomic E-state index is -0.679. The molecule has 0 spiro atoms. The van der Waals surface area contributed by atoms with E-state index in [1.54, 1.807) is 4.90 Å². The Balaban J connectivity index is 1.69. The van der Waals surface area contributed by atoms with Crippen LogP contribution in [-0.2, 0) is 14.4 Å². The van der Waals surface area contributed by atoms with Gasteiger partial charge in [0.25, 0.3) is 0 Å². The summed E-state index contributed by atoms with van der Waals surface area (Å²) in [6.45, 7) is 8.59. The normalized spacial score (nSPS) is 32.6. The second kappa shape index (κ2) is 7.26. The lowest BCUT2D eigenvalue weighted by molar-refractivity contribution is -0.142. The van der Waals surface area contributed by atoms with Crippen LogP contribution in [0.4, 0.5) is 0 Å². The molecule has 3 aliphatic rings. The lowest BCUT2D eigenvalue weighted by atomic mass is 9.84. The maximum atomic E-state index is 13.1. The van der Waals surface area contributed by atoms with Crippen molar-refractivity contribution in [3.63, 3.8) is 0 Å². The van der Waals surface area contributed by atoms with Crippen LogP contribution in [0.5, 0.6) is 0 Å². The Kier molecular flexibility index (Phi) is 5.33. The molecule has 1 N–H and O–H groups in total. The lowest BCUT2D eigenvalue weighted by Crippen LogP contribution is -2.53. The molecule has 2 amide bonds. The average Bonchev–Trinajstić information content (AvgIpc) is 2.97. The molecular weight excluding hydrogens is 342 g/mol. The maximum absolute atomic E-state index is 13.1. The Morgan fingerprint density at radius 2 is 2.04 bits per heavy atom. The number of rotatable bonds is 5. The molecule has 1 saturated heterocycles. The number of amides is 2. The number of hydrogen-bond donors (Lipinski definition) is 1. The zero-order chi connectivity index (χ0) is 19.9. The first-order chi connectivity index (χ1) is 12.7. The van der Waals surface area contributed by atoms with Crippen molar-refractivity contribution < 1.29 is 14.4 Å². The number of nitrogens with one attached hydrogen (secondary N) is 1. The maximum Gasteiger partial charge on any atom is 0.244 e. The molecule has 2 saturated carbocycles. The average molecular weight is 373 g/mol. The summed E-state index contributed by atoms with van der Waals surface area (Å²) in [5.74, 6) is 0.160. The molecule has 0 aromatic heterocycles. The third kappa shape index (κ3) is 3.61. The van der Waals surface area contributed by atoms with E-state index in [-0.39, 0.29) is 40.8 Å². The Morgan fingerprint density at radius 1 is 1.33 bits per heavy atom. The topological polar surface area (TPSA) is 90.3 Å². The summed E-state index contributed by atoms with van der Waals surface area (Å²) in [4.78, 5) is 39.4. The fourth-order valence-electron chi connectivity index (χ4n) is 5.13. The number of carbonyl (C=O) groups is 3. The number of nitriles is 1. The summed E-state index contributed by atoms with van der Waals surface area (Å²) in [7, 11) is 0. The van der Waals surface area contributed by atoms with Crippen molar-refractivity contribution in [2.45, 2.75) is 71.9 Å². The largest absolute Gasteiger partial charge is 0.339 e. The van der Waals surface area contributed by atoms with Crippen LogP contribution >= 0.6 is 0 Å². The van der Waals surface area contributed by atoms with Gasteiger partial charge < -0.3 is 10.2 Å². The second-order valence-corrected chi connectivity index (χ2v) is 9.38. The highest BCUT2D eigenvalue weighted by atomic mass is 16.2. The highest BCUT2D eigenvalue weighted by Crippen LogP contribution is 2.65. The van der Waals surface area contributed by atoms with E-state index in [0.29, 0.717) is 25.3 Å². The van der Waals surface area contributed by atoms with Crippen LogP contribution in [0.3, 0.4) is 0 Å². The predicted octanol–water partition coefficient (Wildman–Crippen LogP) is 2.28. The van der Waals surface area contributed by atoms with Crippen molar-refractivity contribution in [2.75, 3.05) is 6.54 Å². The molecule has 1 heterocycles. The monoisotopic (exact) mass is 373 g/mol. The van der Waals surface area contributed by atoms with E-state index in [0.717, 1.165) is 19.3 Å². The first-order valence-corrected chi connectivity index (χ1v) is 10.2. The van der Waals surface area contributed by atoms with Gasteiger partial charge in [-0.25, -0.2) is 0 Å². The van der Waals surface area contributed by atoms with Crippen LogP contribution in [-0.4, -0.2) is 41.1 Å². The molecule has 0 aromatic carbocycles. The van der Waals surface area contributed by atoms with Gasteiger partial charge in [-0.3, -0.25) is 14.4 Å². The summed E-state index contributed by atoms with van der Waals surface area (Å²) in [5.41, 5.74) is 0.0528. The van der Waals surface area contributed by atoms with Crippen LogP contribution in [0.25, 0.3) is 0 Å². The van der Waals surface area contributed by atoms with Crippen LogP contribution in [0.15, 0.2) is 0 Å². The predicted molar refractivity (Wildman–Crippen MR) is 100 cm³/mol. The van der Waals surface area contributed by atoms with Crippen LogP contribution in [0, 0.1) is 40.4 Å². The molecule has 0 radical (unpaired) electrons. The number of Topliss-reactive ketones (excluding diaryl/α,β-unsaturated/α-hetero) is 1. The van der Waals surface area contributed by atoms with Crippen LogP contribution in [0.2, 0.25) is 0 Å². The molecule has 6 nitrogen and oxygen atoms in total. The van der Waals surface area contributed by atoms with Crippen LogP contribution < -0.4 is 5.32 Å². The van der Waals surface area contributed by atoms with Gasteiger partial charge in [0, 0.05) is 24.8 Å². The van der Waals surface area contributed by atoms with E-state index in [1.807, 2.05) is 13.8 Å². The van der Waals surface area contributed by atoms with Gasteiger partial charge in [-0.15, -0.1) is 0 Å². The molecule has 1 aliphatic heterocycles. The third-order valence-corrected chi connectivity index (χ3v) is 6.93. The number of fused-ring (bicyclic) bond motifs is 1. The number of likely N-dealkylation sites (tertiary alicyclic amines) is 1. The number of nitrogens with zero attached hydrogens (tertiary/aromatic N) is 2. The minimum Gasteiger partial charge on any atom is -0.339 e. The molecule has 0 aromatic rings. The van der Waals surface area contributed by atoms with Gasteiger partial charge in [-0.1, -0.05) is 34.1 Å². The Hall–Kier alpha value is -1.90. The number of carbonyl (C=O) groups excluding carboxylic acids is 3. The fourth-order valence-corrected chi connectivity index (χ4v) is 5.13. The quantitative estimate of drug-likeness (QED) is 0.800. The summed E-state index contributed by atoms with van der Waals surface area (Å²) >= 11 is 0. The van der Waals surface area contributed by atoms with Crippen molar-refractivity contribution in [3.05, 3.63) is 0 Å². The second-order valence-electron chi connectivity index (χ2n) is 9.38. The summed E-state index contributed by atoms with van der Waals surface area (Å²) in [6, 6.07) is 0.971. The highest BCUT2D eigenvalue weighted by Gasteiger charge is 2.69. The van der Waals surface area contributed by atoms with E-state index in [9.17, 15) is 19.6 Å². The molecule has 148 valence electrons. The number of hydrogen-bond acceptors (Lipinski definition) is 4.